The van der Waals surface area contributed by atoms with Crippen LogP contribution in [0.3, 0.4) is 0 Å². The fraction of sp³-hybridized carbons (Fsp3) is 0.643. The molecular formula is C14H19F3N2. The molecule has 1 aromatic heterocycles. The Morgan fingerprint density at radius 3 is 2.58 bits per heavy atom. The first-order valence-corrected chi connectivity index (χ1v) is 6.72. The molecule has 1 aliphatic rings. The molecule has 0 radical (unpaired) electrons. The number of rotatable bonds is 3. The predicted octanol–water partition coefficient (Wildman–Crippen LogP) is 4.34. The van der Waals surface area contributed by atoms with Crippen molar-refractivity contribution in [1.82, 2.24) is 4.98 Å². The van der Waals surface area contributed by atoms with E-state index in [1.165, 1.54) is 19.0 Å². The molecule has 0 aliphatic heterocycles. The van der Waals surface area contributed by atoms with Crippen LogP contribution in [0.4, 0.5) is 19.0 Å². The molecule has 1 heterocycles. The van der Waals surface area contributed by atoms with E-state index in [4.69, 9.17) is 0 Å². The lowest BCUT2D eigenvalue weighted by molar-refractivity contribution is -0.137. The molecule has 0 atom stereocenters. The number of nitrogens with one attached hydrogen (secondary N) is 1. The lowest BCUT2D eigenvalue weighted by Crippen LogP contribution is -2.20. The van der Waals surface area contributed by atoms with Gasteiger partial charge in [0.25, 0.3) is 0 Å². The molecule has 1 aromatic rings. The maximum absolute atomic E-state index is 12.6. The van der Waals surface area contributed by atoms with Crippen LogP contribution in [0.1, 0.15) is 38.2 Å². The second kappa shape index (κ2) is 5.80. The second-order valence-corrected chi connectivity index (χ2v) is 5.43. The summed E-state index contributed by atoms with van der Waals surface area (Å²) in [6.45, 7) is 2.96. The van der Waals surface area contributed by atoms with Gasteiger partial charge in [0.1, 0.15) is 5.82 Å². The zero-order valence-corrected chi connectivity index (χ0v) is 11.0. The van der Waals surface area contributed by atoms with Gasteiger partial charge in [-0.3, -0.25) is 0 Å². The minimum atomic E-state index is -4.31. The van der Waals surface area contributed by atoms with Crippen molar-refractivity contribution in [2.24, 2.45) is 11.8 Å². The van der Waals surface area contributed by atoms with E-state index in [2.05, 4.69) is 17.2 Å². The maximum Gasteiger partial charge on any atom is 0.416 e. The van der Waals surface area contributed by atoms with Crippen LogP contribution in [0.25, 0.3) is 0 Å². The third-order valence-corrected chi connectivity index (χ3v) is 3.79. The van der Waals surface area contributed by atoms with E-state index >= 15 is 0 Å². The Labute approximate surface area is 111 Å². The fourth-order valence-corrected chi connectivity index (χ4v) is 2.49. The molecular weight excluding hydrogens is 253 g/mol. The number of nitrogens with zero attached hydrogens (tertiary/aromatic N) is 1. The van der Waals surface area contributed by atoms with Gasteiger partial charge in [0.05, 0.1) is 5.56 Å². The highest BCUT2D eigenvalue weighted by atomic mass is 19.4. The van der Waals surface area contributed by atoms with Gasteiger partial charge in [-0.1, -0.05) is 19.8 Å². The van der Waals surface area contributed by atoms with Crippen LogP contribution >= 0.6 is 0 Å². The summed E-state index contributed by atoms with van der Waals surface area (Å²) in [5, 5.41) is 3.03. The summed E-state index contributed by atoms with van der Waals surface area (Å²) in [6, 6.07) is 2.07. The van der Waals surface area contributed by atoms with Crippen LogP contribution in [0.15, 0.2) is 18.3 Å². The molecule has 1 N–H and O–H groups in total. The van der Waals surface area contributed by atoms with Gasteiger partial charge in [-0.2, -0.15) is 13.2 Å². The normalized spacial score (nSPS) is 24.2. The third kappa shape index (κ3) is 4.11. The third-order valence-electron chi connectivity index (χ3n) is 3.79. The average molecular weight is 272 g/mol. The van der Waals surface area contributed by atoms with E-state index in [9.17, 15) is 13.2 Å². The molecule has 1 aliphatic carbocycles. The van der Waals surface area contributed by atoms with Crippen LogP contribution in [0.5, 0.6) is 0 Å². The summed E-state index contributed by atoms with van der Waals surface area (Å²) in [5.41, 5.74) is -0.651. The molecule has 0 spiro atoms. The molecule has 0 aromatic carbocycles. The van der Waals surface area contributed by atoms with Crippen LogP contribution in [-0.2, 0) is 6.18 Å². The first-order valence-electron chi connectivity index (χ1n) is 6.72. The molecule has 2 rings (SSSR count). The van der Waals surface area contributed by atoms with Gasteiger partial charge < -0.3 is 5.32 Å². The van der Waals surface area contributed by atoms with Crippen molar-refractivity contribution in [3.63, 3.8) is 0 Å². The largest absolute Gasteiger partial charge is 0.416 e. The van der Waals surface area contributed by atoms with Crippen LogP contribution < -0.4 is 5.32 Å². The van der Waals surface area contributed by atoms with E-state index in [-0.39, 0.29) is 0 Å². The van der Waals surface area contributed by atoms with Crippen molar-refractivity contribution in [1.29, 1.82) is 0 Å². The SMILES string of the molecule is CC1CCC(CNc2cc(C(F)(F)F)ccn2)CC1. The number of hydrogen-bond donors (Lipinski definition) is 1. The predicted molar refractivity (Wildman–Crippen MR) is 68.9 cm³/mol. The molecule has 0 unspecified atom stereocenters. The number of alkyl halides is 3. The zero-order chi connectivity index (χ0) is 13.9. The molecule has 1 fully saturated rings. The molecule has 0 saturated heterocycles. The molecule has 19 heavy (non-hydrogen) atoms. The van der Waals surface area contributed by atoms with Gasteiger partial charge >= 0.3 is 6.18 Å². The lowest BCUT2D eigenvalue weighted by atomic mass is 9.83. The van der Waals surface area contributed by atoms with Crippen LogP contribution in [0, 0.1) is 11.8 Å². The van der Waals surface area contributed by atoms with Gasteiger partial charge in [0, 0.05) is 12.7 Å². The van der Waals surface area contributed by atoms with E-state index in [0.29, 0.717) is 18.3 Å². The highest BCUT2D eigenvalue weighted by Gasteiger charge is 2.30. The molecule has 0 amide bonds. The summed E-state index contributed by atoms with van der Waals surface area (Å²) < 4.78 is 37.7. The zero-order valence-electron chi connectivity index (χ0n) is 11.0. The molecule has 106 valence electrons. The van der Waals surface area contributed by atoms with E-state index in [0.717, 1.165) is 30.9 Å². The van der Waals surface area contributed by atoms with E-state index in [1.807, 2.05) is 0 Å². The average Bonchev–Trinajstić information content (AvgIpc) is 2.37. The number of hydrogen-bond acceptors (Lipinski definition) is 2. The maximum atomic E-state index is 12.6. The van der Waals surface area contributed by atoms with Gasteiger partial charge in [-0.15, -0.1) is 0 Å². The Bertz CT molecular complexity index is 409. The smallest absolute Gasteiger partial charge is 0.370 e. The number of anilines is 1. The van der Waals surface area contributed by atoms with Gasteiger partial charge in [0.15, 0.2) is 0 Å². The monoisotopic (exact) mass is 272 g/mol. The minimum absolute atomic E-state index is 0.313. The number of halogens is 3. The summed E-state index contributed by atoms with van der Waals surface area (Å²) in [4.78, 5) is 3.94. The van der Waals surface area contributed by atoms with Crippen LogP contribution in [-0.4, -0.2) is 11.5 Å². The Hall–Kier alpha value is -1.26. The standard InChI is InChI=1S/C14H19F3N2/c1-10-2-4-11(5-3-10)9-19-13-8-12(6-7-18-13)14(15,16)17/h6-8,10-11H,2-5,9H2,1H3,(H,18,19). The quantitative estimate of drug-likeness (QED) is 0.885. The Balaban J connectivity index is 1.89. The Kier molecular flexibility index (Phi) is 4.32. The summed E-state index contributed by atoms with van der Waals surface area (Å²) in [5.74, 6) is 1.64. The summed E-state index contributed by atoms with van der Waals surface area (Å²) >= 11 is 0. The minimum Gasteiger partial charge on any atom is -0.370 e. The fourth-order valence-electron chi connectivity index (χ4n) is 2.49. The number of aromatic nitrogens is 1. The lowest BCUT2D eigenvalue weighted by Gasteiger charge is -2.26. The van der Waals surface area contributed by atoms with Gasteiger partial charge in [-0.25, -0.2) is 4.98 Å². The van der Waals surface area contributed by atoms with Gasteiger partial charge in [0.2, 0.25) is 0 Å². The molecule has 1 saturated carbocycles. The first kappa shape index (κ1) is 14.2. The van der Waals surface area contributed by atoms with Crippen molar-refractivity contribution >= 4 is 5.82 Å². The van der Waals surface area contributed by atoms with Crippen molar-refractivity contribution in [3.05, 3.63) is 23.9 Å². The molecule has 2 nitrogen and oxygen atoms in total. The summed E-state index contributed by atoms with van der Waals surface area (Å²) in [6.07, 6.45) is 1.61. The van der Waals surface area contributed by atoms with E-state index in [1.54, 1.807) is 0 Å². The Morgan fingerprint density at radius 1 is 1.26 bits per heavy atom. The van der Waals surface area contributed by atoms with E-state index < -0.39 is 11.7 Å². The van der Waals surface area contributed by atoms with Crippen molar-refractivity contribution in [2.45, 2.75) is 38.8 Å². The van der Waals surface area contributed by atoms with Gasteiger partial charge in [-0.05, 0) is 36.8 Å². The first-order chi connectivity index (χ1) is 8.95. The highest BCUT2D eigenvalue weighted by Crippen LogP contribution is 2.31. The second-order valence-electron chi connectivity index (χ2n) is 5.43. The topological polar surface area (TPSA) is 24.9 Å². The van der Waals surface area contributed by atoms with Crippen molar-refractivity contribution < 1.29 is 13.2 Å². The summed E-state index contributed by atoms with van der Waals surface area (Å²) in [7, 11) is 0. The highest BCUT2D eigenvalue weighted by molar-refractivity contribution is 5.38. The molecule has 5 heteroatoms. The van der Waals surface area contributed by atoms with Crippen molar-refractivity contribution in [2.75, 3.05) is 11.9 Å². The van der Waals surface area contributed by atoms with Crippen molar-refractivity contribution in [3.8, 4) is 0 Å². The molecule has 0 bridgehead atoms. The van der Waals surface area contributed by atoms with Crippen LogP contribution in [0.2, 0.25) is 0 Å². The Morgan fingerprint density at radius 2 is 1.95 bits per heavy atom. The number of pyridine rings is 1.